The fourth-order valence-corrected chi connectivity index (χ4v) is 1.42. The largest absolute Gasteiger partial charge is 0.300 e. The zero-order chi connectivity index (χ0) is 11.2. The number of rotatable bonds is 3. The van der Waals surface area contributed by atoms with E-state index in [4.69, 9.17) is 0 Å². The lowest BCUT2D eigenvalue weighted by atomic mass is 10.3. The highest BCUT2D eigenvalue weighted by atomic mass is 14.9. The van der Waals surface area contributed by atoms with Gasteiger partial charge in [-0.15, -0.1) is 5.92 Å². The van der Waals surface area contributed by atoms with Crippen molar-refractivity contribution in [2.24, 2.45) is 0 Å². The van der Waals surface area contributed by atoms with Crippen molar-refractivity contribution in [2.75, 3.05) is 6.54 Å². The van der Waals surface area contributed by atoms with Gasteiger partial charge in [-0.25, -0.2) is 4.98 Å². The molecule has 0 spiro atoms. The summed E-state index contributed by atoms with van der Waals surface area (Å²) in [6, 6.07) is 7.86. The van der Waals surface area contributed by atoms with Crippen LogP contribution in [-0.2, 0) is 6.54 Å². The lowest BCUT2D eigenvalue weighted by Crippen LogP contribution is -2.14. The van der Waals surface area contributed by atoms with E-state index in [1.165, 1.54) is 0 Å². The van der Waals surface area contributed by atoms with Crippen LogP contribution in [0.15, 0.2) is 30.5 Å². The van der Waals surface area contributed by atoms with Crippen molar-refractivity contribution < 1.29 is 0 Å². The van der Waals surface area contributed by atoms with Crippen molar-refractivity contribution in [3.8, 4) is 11.8 Å². The molecule has 2 rings (SSSR count). The second kappa shape index (κ2) is 5.24. The molecule has 0 saturated carbocycles. The van der Waals surface area contributed by atoms with Crippen LogP contribution in [0.5, 0.6) is 0 Å². The number of para-hydroxylation sites is 2. The number of fused-ring (bicyclic) bond motifs is 1. The Bertz CT molecular complexity index is 537. The molecule has 80 valence electrons. The first-order chi connectivity index (χ1) is 7.90. The molecule has 1 heterocycles. The number of nitrogens with zero attached hydrogens (tertiary/aromatic N) is 2. The summed E-state index contributed by atoms with van der Waals surface area (Å²) in [6.07, 6.45) is 1.80. The van der Waals surface area contributed by atoms with Crippen molar-refractivity contribution in [3.63, 3.8) is 0 Å². The van der Waals surface area contributed by atoms with Crippen molar-refractivity contribution in [1.29, 1.82) is 0 Å². The first-order valence-corrected chi connectivity index (χ1v) is 5.21. The fraction of sp³-hybridized carbons (Fsp3) is 0.231. The predicted octanol–water partition coefficient (Wildman–Crippen LogP) is 1.74. The third-order valence-electron chi connectivity index (χ3n) is 2.19. The van der Waals surface area contributed by atoms with Crippen molar-refractivity contribution in [1.82, 2.24) is 15.3 Å². The lowest BCUT2D eigenvalue weighted by molar-refractivity contribution is 0.749. The molecule has 0 unspecified atom stereocenters. The van der Waals surface area contributed by atoms with Gasteiger partial charge in [0.25, 0.3) is 0 Å². The monoisotopic (exact) mass is 211 g/mol. The van der Waals surface area contributed by atoms with Crippen LogP contribution in [0.3, 0.4) is 0 Å². The molecule has 2 aromatic rings. The van der Waals surface area contributed by atoms with Crippen LogP contribution in [0.2, 0.25) is 0 Å². The number of aromatic nitrogens is 2. The van der Waals surface area contributed by atoms with Crippen LogP contribution in [0, 0.1) is 11.8 Å². The van der Waals surface area contributed by atoms with Crippen molar-refractivity contribution in [3.05, 3.63) is 36.2 Å². The van der Waals surface area contributed by atoms with Crippen molar-refractivity contribution >= 4 is 11.0 Å². The van der Waals surface area contributed by atoms with Crippen LogP contribution >= 0.6 is 0 Å². The molecule has 3 nitrogen and oxygen atoms in total. The Kier molecular flexibility index (Phi) is 3.47. The zero-order valence-corrected chi connectivity index (χ0v) is 9.20. The second-order valence-corrected chi connectivity index (χ2v) is 3.38. The molecular formula is C13H13N3. The Labute approximate surface area is 94.9 Å². The maximum absolute atomic E-state index is 4.50. The molecule has 0 aliphatic rings. The van der Waals surface area contributed by atoms with E-state index in [1.54, 1.807) is 6.20 Å². The van der Waals surface area contributed by atoms with Gasteiger partial charge in [-0.3, -0.25) is 4.98 Å². The quantitative estimate of drug-likeness (QED) is 0.620. The van der Waals surface area contributed by atoms with E-state index in [0.29, 0.717) is 13.1 Å². The molecule has 0 aliphatic carbocycles. The number of benzene rings is 1. The molecule has 0 fully saturated rings. The minimum Gasteiger partial charge on any atom is -0.300 e. The summed E-state index contributed by atoms with van der Waals surface area (Å²) in [5, 5.41) is 3.19. The maximum Gasteiger partial charge on any atom is 0.0890 e. The van der Waals surface area contributed by atoms with E-state index >= 15 is 0 Å². The predicted molar refractivity (Wildman–Crippen MR) is 64.7 cm³/mol. The van der Waals surface area contributed by atoms with Gasteiger partial charge in [-0.05, 0) is 19.1 Å². The van der Waals surface area contributed by atoms with Gasteiger partial charge in [0.05, 0.1) is 29.5 Å². The highest BCUT2D eigenvalue weighted by molar-refractivity contribution is 5.73. The minimum atomic E-state index is 0.686. The molecule has 3 heteroatoms. The summed E-state index contributed by atoms with van der Waals surface area (Å²) in [4.78, 5) is 8.84. The molecule has 0 aliphatic heterocycles. The van der Waals surface area contributed by atoms with E-state index in [1.807, 2.05) is 31.2 Å². The van der Waals surface area contributed by atoms with Crippen LogP contribution in [0.25, 0.3) is 11.0 Å². The fourth-order valence-electron chi connectivity index (χ4n) is 1.42. The summed E-state index contributed by atoms with van der Waals surface area (Å²) in [7, 11) is 0. The highest BCUT2D eigenvalue weighted by Crippen LogP contribution is 2.07. The number of hydrogen-bond donors (Lipinski definition) is 1. The number of nitrogens with one attached hydrogen (secondary N) is 1. The Balaban J connectivity index is 2.09. The van der Waals surface area contributed by atoms with Gasteiger partial charge in [0, 0.05) is 6.54 Å². The highest BCUT2D eigenvalue weighted by Gasteiger charge is 1.97. The molecule has 1 aromatic heterocycles. The van der Waals surface area contributed by atoms with Gasteiger partial charge < -0.3 is 5.32 Å². The molecule has 1 aromatic carbocycles. The Morgan fingerprint density at radius 2 is 2.06 bits per heavy atom. The SMILES string of the molecule is CC#CCNCc1cnc2ccccc2n1. The normalized spacial score (nSPS) is 9.81. The molecule has 1 N–H and O–H groups in total. The summed E-state index contributed by atoms with van der Waals surface area (Å²) in [6.45, 7) is 3.22. The smallest absolute Gasteiger partial charge is 0.0890 e. The van der Waals surface area contributed by atoms with E-state index in [-0.39, 0.29) is 0 Å². The molecule has 0 amide bonds. The average molecular weight is 211 g/mol. The second-order valence-electron chi connectivity index (χ2n) is 3.38. The zero-order valence-electron chi connectivity index (χ0n) is 9.20. The van der Waals surface area contributed by atoms with Gasteiger partial charge in [0.1, 0.15) is 0 Å². The average Bonchev–Trinajstić information content (AvgIpc) is 2.34. The van der Waals surface area contributed by atoms with E-state index < -0.39 is 0 Å². The van der Waals surface area contributed by atoms with Gasteiger partial charge in [-0.1, -0.05) is 18.1 Å². The third-order valence-corrected chi connectivity index (χ3v) is 2.19. The summed E-state index contributed by atoms with van der Waals surface area (Å²) in [5.74, 6) is 5.78. The maximum atomic E-state index is 4.50. The standard InChI is InChI=1S/C13H13N3/c1-2-3-8-14-9-11-10-15-12-6-4-5-7-13(12)16-11/h4-7,10,14H,8-9H2,1H3. The van der Waals surface area contributed by atoms with Gasteiger partial charge >= 0.3 is 0 Å². The van der Waals surface area contributed by atoms with Gasteiger partial charge in [0.2, 0.25) is 0 Å². The minimum absolute atomic E-state index is 0.686. The van der Waals surface area contributed by atoms with Crippen LogP contribution < -0.4 is 5.32 Å². The van der Waals surface area contributed by atoms with E-state index in [9.17, 15) is 0 Å². The summed E-state index contributed by atoms with van der Waals surface area (Å²) < 4.78 is 0. The molecule has 16 heavy (non-hydrogen) atoms. The van der Waals surface area contributed by atoms with Gasteiger partial charge in [-0.2, -0.15) is 0 Å². The van der Waals surface area contributed by atoms with Crippen LogP contribution in [0.4, 0.5) is 0 Å². The summed E-state index contributed by atoms with van der Waals surface area (Å²) >= 11 is 0. The Hall–Kier alpha value is -1.92. The van der Waals surface area contributed by atoms with E-state index in [2.05, 4.69) is 27.1 Å². The van der Waals surface area contributed by atoms with Crippen LogP contribution in [-0.4, -0.2) is 16.5 Å². The third kappa shape index (κ3) is 2.56. The first kappa shape index (κ1) is 10.6. The molecule has 0 radical (unpaired) electrons. The van der Waals surface area contributed by atoms with Crippen LogP contribution in [0.1, 0.15) is 12.6 Å². The Morgan fingerprint density at radius 3 is 2.88 bits per heavy atom. The summed E-state index contributed by atoms with van der Waals surface area (Å²) in [5.41, 5.74) is 2.81. The van der Waals surface area contributed by atoms with Crippen molar-refractivity contribution in [2.45, 2.75) is 13.5 Å². The molecule has 0 saturated heterocycles. The first-order valence-electron chi connectivity index (χ1n) is 5.21. The van der Waals surface area contributed by atoms with E-state index in [0.717, 1.165) is 16.7 Å². The Morgan fingerprint density at radius 1 is 1.25 bits per heavy atom. The topological polar surface area (TPSA) is 37.8 Å². The molecule has 0 atom stereocenters. The van der Waals surface area contributed by atoms with Gasteiger partial charge in [0.15, 0.2) is 0 Å². The molecular weight excluding hydrogens is 198 g/mol. The lowest BCUT2D eigenvalue weighted by Gasteiger charge is -2.01. The number of hydrogen-bond acceptors (Lipinski definition) is 3. The molecule has 0 bridgehead atoms.